The van der Waals surface area contributed by atoms with Crippen molar-refractivity contribution < 1.29 is 9.59 Å². The van der Waals surface area contributed by atoms with Crippen molar-refractivity contribution >= 4 is 34.7 Å². The van der Waals surface area contributed by atoms with Gasteiger partial charge in [0, 0.05) is 0 Å². The topological polar surface area (TPSA) is 37.4 Å². The van der Waals surface area contributed by atoms with E-state index in [0.29, 0.717) is 11.3 Å². The average molecular weight is 340 g/mol. The minimum atomic E-state index is -0.467. The van der Waals surface area contributed by atoms with Gasteiger partial charge in [-0.3, -0.25) is 9.59 Å². The number of hydrogen-bond donors (Lipinski definition) is 0. The highest BCUT2D eigenvalue weighted by Crippen LogP contribution is 2.37. The molecule has 2 aromatic carbocycles. The van der Waals surface area contributed by atoms with Gasteiger partial charge in [-0.05, 0) is 56.0 Å². The van der Waals surface area contributed by atoms with E-state index in [0.717, 1.165) is 22.3 Å². The molecule has 122 valence electrons. The molecule has 1 aliphatic rings. The summed E-state index contributed by atoms with van der Waals surface area (Å²) in [6, 6.07) is 11.3. The fourth-order valence-corrected chi connectivity index (χ4v) is 3.29. The van der Waals surface area contributed by atoms with Gasteiger partial charge in [-0.1, -0.05) is 47.5 Å². The van der Waals surface area contributed by atoms with Crippen LogP contribution >= 0.6 is 11.6 Å². The Morgan fingerprint density at radius 1 is 0.875 bits per heavy atom. The first-order valence-corrected chi connectivity index (χ1v) is 8.13. The summed E-state index contributed by atoms with van der Waals surface area (Å²) in [5, 5.41) is -0.0205. The molecule has 0 N–H and O–H groups in total. The van der Waals surface area contributed by atoms with E-state index in [1.807, 2.05) is 58.0 Å². The summed E-state index contributed by atoms with van der Waals surface area (Å²) in [5.41, 5.74) is 5.50. The van der Waals surface area contributed by atoms with Crippen LogP contribution in [0.3, 0.4) is 0 Å². The molecule has 3 rings (SSSR count). The molecule has 0 saturated carbocycles. The van der Waals surface area contributed by atoms with Gasteiger partial charge in [-0.15, -0.1) is 0 Å². The minimum absolute atomic E-state index is 0.0205. The van der Waals surface area contributed by atoms with Gasteiger partial charge in [0.2, 0.25) is 0 Å². The zero-order valence-electron chi connectivity index (χ0n) is 14.1. The Balaban J connectivity index is 2.13. The molecule has 0 fully saturated rings. The average Bonchev–Trinajstić information content (AvgIpc) is 2.74. The number of nitrogens with zero attached hydrogens (tertiary/aromatic N) is 1. The molecule has 0 unspecified atom stereocenters. The maximum atomic E-state index is 13.0. The molecule has 2 amide bonds. The van der Waals surface area contributed by atoms with E-state index in [1.54, 1.807) is 6.07 Å². The lowest BCUT2D eigenvalue weighted by atomic mass is 9.98. The lowest BCUT2D eigenvalue weighted by Gasteiger charge is -2.19. The number of carbonyl (C=O) groups is 2. The standard InChI is InChI=1S/C20H18ClNO2/c1-11-8-9-15(13(3)10-11)17-18(21)20(24)22(19(17)23)16-7-5-6-12(2)14(16)4/h5-10H,1-4H3. The molecule has 0 bridgehead atoms. The second-order valence-corrected chi connectivity index (χ2v) is 6.55. The van der Waals surface area contributed by atoms with E-state index in [-0.39, 0.29) is 16.5 Å². The van der Waals surface area contributed by atoms with Gasteiger partial charge in [0.1, 0.15) is 5.03 Å². The smallest absolute Gasteiger partial charge is 0.268 e. The third kappa shape index (κ3) is 2.45. The molecule has 2 aromatic rings. The monoisotopic (exact) mass is 339 g/mol. The van der Waals surface area contributed by atoms with Crippen LogP contribution in [-0.4, -0.2) is 11.8 Å². The first kappa shape index (κ1) is 16.5. The Morgan fingerprint density at radius 2 is 1.58 bits per heavy atom. The van der Waals surface area contributed by atoms with Gasteiger partial charge in [0.25, 0.3) is 11.8 Å². The van der Waals surface area contributed by atoms with Gasteiger partial charge in [-0.25, -0.2) is 4.90 Å². The summed E-state index contributed by atoms with van der Waals surface area (Å²) < 4.78 is 0. The van der Waals surface area contributed by atoms with Crippen molar-refractivity contribution in [1.82, 2.24) is 0 Å². The molecule has 4 heteroatoms. The van der Waals surface area contributed by atoms with Crippen molar-refractivity contribution in [3.63, 3.8) is 0 Å². The SMILES string of the molecule is Cc1ccc(C2=C(Cl)C(=O)N(c3cccc(C)c3C)C2=O)c(C)c1. The van der Waals surface area contributed by atoms with Gasteiger partial charge in [0.15, 0.2) is 0 Å². The lowest BCUT2D eigenvalue weighted by molar-refractivity contribution is -0.119. The summed E-state index contributed by atoms with van der Waals surface area (Å²) in [6.07, 6.45) is 0. The van der Waals surface area contributed by atoms with E-state index in [9.17, 15) is 9.59 Å². The molecule has 0 atom stereocenters. The molecule has 0 saturated heterocycles. The number of anilines is 1. The van der Waals surface area contributed by atoms with Gasteiger partial charge < -0.3 is 0 Å². The highest BCUT2D eigenvalue weighted by Gasteiger charge is 2.40. The number of aryl methyl sites for hydroxylation is 3. The van der Waals surface area contributed by atoms with Crippen LogP contribution in [0.4, 0.5) is 5.69 Å². The van der Waals surface area contributed by atoms with Crippen LogP contribution in [0.1, 0.15) is 27.8 Å². The highest BCUT2D eigenvalue weighted by atomic mass is 35.5. The zero-order valence-corrected chi connectivity index (χ0v) is 14.9. The number of benzene rings is 2. The summed E-state index contributed by atoms with van der Waals surface area (Å²) in [4.78, 5) is 26.8. The fraction of sp³-hybridized carbons (Fsp3) is 0.200. The summed E-state index contributed by atoms with van der Waals surface area (Å²) in [7, 11) is 0. The maximum Gasteiger partial charge on any atom is 0.277 e. The van der Waals surface area contributed by atoms with E-state index >= 15 is 0 Å². The number of halogens is 1. The third-order valence-electron chi connectivity index (χ3n) is 4.50. The molecule has 1 aliphatic heterocycles. The molecule has 0 aliphatic carbocycles. The number of rotatable bonds is 2. The van der Waals surface area contributed by atoms with E-state index in [2.05, 4.69) is 0 Å². The Bertz CT molecular complexity index is 912. The van der Waals surface area contributed by atoms with Crippen molar-refractivity contribution in [1.29, 1.82) is 0 Å². The predicted molar refractivity (Wildman–Crippen MR) is 97.1 cm³/mol. The second kappa shape index (κ2) is 5.91. The van der Waals surface area contributed by atoms with Gasteiger partial charge in [-0.2, -0.15) is 0 Å². The van der Waals surface area contributed by atoms with E-state index < -0.39 is 5.91 Å². The van der Waals surface area contributed by atoms with Crippen molar-refractivity contribution in [3.05, 3.63) is 69.2 Å². The molecule has 0 spiro atoms. The Morgan fingerprint density at radius 3 is 2.25 bits per heavy atom. The van der Waals surface area contributed by atoms with E-state index in [4.69, 9.17) is 11.6 Å². The van der Waals surface area contributed by atoms with Crippen LogP contribution in [0.5, 0.6) is 0 Å². The molecule has 24 heavy (non-hydrogen) atoms. The Labute approximate surface area is 146 Å². The maximum absolute atomic E-state index is 13.0. The number of carbonyl (C=O) groups excluding carboxylic acids is 2. The molecular formula is C20H18ClNO2. The van der Waals surface area contributed by atoms with E-state index in [1.165, 1.54) is 4.90 Å². The molecular weight excluding hydrogens is 322 g/mol. The summed E-state index contributed by atoms with van der Waals surface area (Å²) >= 11 is 6.27. The van der Waals surface area contributed by atoms with Crippen molar-refractivity contribution in [3.8, 4) is 0 Å². The zero-order chi connectivity index (χ0) is 17.6. The predicted octanol–water partition coefficient (Wildman–Crippen LogP) is 4.44. The Kier molecular flexibility index (Phi) is 4.06. The molecule has 3 nitrogen and oxygen atoms in total. The van der Waals surface area contributed by atoms with Crippen molar-refractivity contribution in [2.24, 2.45) is 0 Å². The van der Waals surface area contributed by atoms with Crippen molar-refractivity contribution in [2.75, 3.05) is 4.90 Å². The third-order valence-corrected chi connectivity index (χ3v) is 4.85. The summed E-state index contributed by atoms with van der Waals surface area (Å²) in [6.45, 7) is 7.74. The first-order chi connectivity index (χ1) is 11.3. The highest BCUT2D eigenvalue weighted by molar-refractivity contribution is 6.60. The molecule has 0 radical (unpaired) electrons. The quantitative estimate of drug-likeness (QED) is 0.758. The minimum Gasteiger partial charge on any atom is -0.268 e. The van der Waals surface area contributed by atoms with Crippen LogP contribution < -0.4 is 4.90 Å². The Hall–Kier alpha value is -2.39. The van der Waals surface area contributed by atoms with Crippen LogP contribution in [0.15, 0.2) is 41.4 Å². The summed E-state index contributed by atoms with van der Waals surface area (Å²) in [5.74, 6) is -0.837. The van der Waals surface area contributed by atoms with Gasteiger partial charge >= 0.3 is 0 Å². The number of hydrogen-bond acceptors (Lipinski definition) is 2. The number of amides is 2. The van der Waals surface area contributed by atoms with Crippen LogP contribution in [0.25, 0.3) is 5.57 Å². The van der Waals surface area contributed by atoms with Crippen LogP contribution in [0.2, 0.25) is 0 Å². The van der Waals surface area contributed by atoms with Crippen molar-refractivity contribution in [2.45, 2.75) is 27.7 Å². The fourth-order valence-electron chi connectivity index (χ4n) is 3.03. The normalized spacial score (nSPS) is 14.8. The second-order valence-electron chi connectivity index (χ2n) is 6.17. The van der Waals surface area contributed by atoms with Gasteiger partial charge in [0.05, 0.1) is 11.3 Å². The first-order valence-electron chi connectivity index (χ1n) is 7.75. The largest absolute Gasteiger partial charge is 0.277 e. The molecule has 0 aromatic heterocycles. The lowest BCUT2D eigenvalue weighted by Crippen LogP contribution is -2.32. The number of imide groups is 1. The molecule has 1 heterocycles. The van der Waals surface area contributed by atoms with Crippen LogP contribution in [-0.2, 0) is 9.59 Å². The van der Waals surface area contributed by atoms with Crippen LogP contribution in [0, 0.1) is 27.7 Å².